The lowest BCUT2D eigenvalue weighted by Crippen LogP contribution is -2.46. The minimum absolute atomic E-state index is 0.109. The van der Waals surface area contributed by atoms with Gasteiger partial charge in [-0.2, -0.15) is 0 Å². The van der Waals surface area contributed by atoms with E-state index in [0.717, 1.165) is 17.1 Å². The summed E-state index contributed by atoms with van der Waals surface area (Å²) in [6, 6.07) is 16.4. The van der Waals surface area contributed by atoms with E-state index < -0.39 is 6.10 Å². The van der Waals surface area contributed by atoms with Gasteiger partial charge in [0.05, 0.1) is 0 Å². The van der Waals surface area contributed by atoms with Crippen molar-refractivity contribution in [3.05, 3.63) is 59.5 Å². The molecule has 3 aromatic rings. The van der Waals surface area contributed by atoms with Gasteiger partial charge in [0, 0.05) is 21.7 Å². The average molecular weight is 402 g/mol. The Kier molecular flexibility index (Phi) is 6.82. The maximum absolute atomic E-state index is 10.3. The van der Waals surface area contributed by atoms with E-state index in [4.69, 9.17) is 4.74 Å². The minimum Gasteiger partial charge on any atom is -0.490 e. The lowest BCUT2D eigenvalue weighted by molar-refractivity contribution is 0.0975. The van der Waals surface area contributed by atoms with Gasteiger partial charge in [0.2, 0.25) is 0 Å². The Morgan fingerprint density at radius 1 is 1.15 bits per heavy atom. The first-order valence-electron chi connectivity index (χ1n) is 9.12. The fourth-order valence-electron chi connectivity index (χ4n) is 3.09. The molecule has 1 heterocycles. The topological polar surface area (TPSA) is 41.5 Å². The highest BCUT2D eigenvalue weighted by Gasteiger charge is 2.21. The third-order valence-corrected chi connectivity index (χ3v) is 6.30. The molecule has 1 atom stereocenters. The predicted molar refractivity (Wildman–Crippen MR) is 117 cm³/mol. The number of hydrogen-bond acceptors (Lipinski definition) is 5. The number of para-hydroxylation sites is 1. The first-order chi connectivity index (χ1) is 13.0. The molecule has 0 bridgehead atoms. The lowest BCUT2D eigenvalue weighted by atomic mass is 9.94. The maximum atomic E-state index is 10.3. The van der Waals surface area contributed by atoms with Gasteiger partial charge in [0.25, 0.3) is 0 Å². The number of thioether (sulfide) groups is 1. The van der Waals surface area contributed by atoms with E-state index in [1.54, 1.807) is 23.1 Å². The van der Waals surface area contributed by atoms with Crippen molar-refractivity contribution in [1.29, 1.82) is 0 Å². The summed E-state index contributed by atoms with van der Waals surface area (Å²) in [5, 5.41) is 17.4. The molecule has 0 fully saturated rings. The number of β-amino-alcohol motifs (C(OH)–C–C–N with tert-alkyl or cyclic N) is 1. The second kappa shape index (κ2) is 9.11. The maximum Gasteiger partial charge on any atom is 0.132 e. The highest BCUT2D eigenvalue weighted by Crippen LogP contribution is 2.29. The predicted octanol–water partition coefficient (Wildman–Crippen LogP) is 4.97. The van der Waals surface area contributed by atoms with Gasteiger partial charge in [-0.1, -0.05) is 30.3 Å². The van der Waals surface area contributed by atoms with Crippen molar-refractivity contribution in [3.63, 3.8) is 0 Å². The zero-order valence-electron chi connectivity index (χ0n) is 16.1. The Morgan fingerprint density at radius 2 is 1.89 bits per heavy atom. The van der Waals surface area contributed by atoms with Crippen LogP contribution in [-0.2, 0) is 6.42 Å². The van der Waals surface area contributed by atoms with Crippen molar-refractivity contribution < 1.29 is 9.84 Å². The molecule has 0 aliphatic heterocycles. The van der Waals surface area contributed by atoms with Crippen LogP contribution in [0.2, 0.25) is 0 Å². The molecule has 5 heteroatoms. The summed E-state index contributed by atoms with van der Waals surface area (Å²) >= 11 is 3.44. The molecule has 0 saturated heterocycles. The molecule has 0 saturated carbocycles. The van der Waals surface area contributed by atoms with Crippen LogP contribution in [0.4, 0.5) is 0 Å². The Hall–Kier alpha value is -1.53. The second-order valence-electron chi connectivity index (χ2n) is 7.31. The highest BCUT2D eigenvalue weighted by molar-refractivity contribution is 7.98. The molecule has 0 amide bonds. The van der Waals surface area contributed by atoms with Crippen molar-refractivity contribution in [2.45, 2.75) is 36.8 Å². The van der Waals surface area contributed by atoms with Crippen LogP contribution in [0.3, 0.4) is 0 Å². The molecule has 27 heavy (non-hydrogen) atoms. The van der Waals surface area contributed by atoms with E-state index >= 15 is 0 Å². The van der Waals surface area contributed by atoms with Crippen molar-refractivity contribution in [3.8, 4) is 5.75 Å². The van der Waals surface area contributed by atoms with E-state index in [2.05, 4.69) is 48.8 Å². The smallest absolute Gasteiger partial charge is 0.132 e. The Bertz CT molecular complexity index is 875. The first kappa shape index (κ1) is 20.2. The zero-order chi connectivity index (χ0) is 19.3. The Labute approximate surface area is 169 Å². The third-order valence-electron chi connectivity index (χ3n) is 4.51. The quantitative estimate of drug-likeness (QED) is 0.497. The SMILES string of the molecule is CSc1ccccc1OCC(O)CNC(C)(C)Cc1csc2ccccc12. The van der Waals surface area contributed by atoms with Crippen LogP contribution in [0.1, 0.15) is 19.4 Å². The van der Waals surface area contributed by atoms with Gasteiger partial charge in [-0.3, -0.25) is 0 Å². The number of benzene rings is 2. The second-order valence-corrected chi connectivity index (χ2v) is 9.07. The van der Waals surface area contributed by atoms with Crippen molar-refractivity contribution in [2.75, 3.05) is 19.4 Å². The van der Waals surface area contributed by atoms with Crippen molar-refractivity contribution in [1.82, 2.24) is 5.32 Å². The number of aliphatic hydroxyl groups is 1. The molecule has 144 valence electrons. The standard InChI is InChI=1S/C22H27NO2S2/c1-22(2,12-16-15-27-20-10-6-4-8-18(16)20)23-13-17(24)14-25-19-9-5-7-11-21(19)26-3/h4-11,15,17,23-24H,12-14H2,1-3H3. The molecule has 0 spiro atoms. The van der Waals surface area contributed by atoms with Gasteiger partial charge in [-0.15, -0.1) is 23.1 Å². The van der Waals surface area contributed by atoms with Crippen LogP contribution in [0.15, 0.2) is 58.8 Å². The molecule has 1 unspecified atom stereocenters. The number of rotatable bonds is 9. The Morgan fingerprint density at radius 3 is 2.70 bits per heavy atom. The van der Waals surface area contributed by atoms with Gasteiger partial charge < -0.3 is 15.2 Å². The van der Waals surface area contributed by atoms with E-state index in [9.17, 15) is 5.11 Å². The fourth-order valence-corrected chi connectivity index (χ4v) is 4.59. The molecule has 0 radical (unpaired) electrons. The fraction of sp³-hybridized carbons (Fsp3) is 0.364. The lowest BCUT2D eigenvalue weighted by Gasteiger charge is -2.28. The summed E-state index contributed by atoms with van der Waals surface area (Å²) in [7, 11) is 0. The van der Waals surface area contributed by atoms with Gasteiger partial charge in [-0.25, -0.2) is 0 Å². The van der Waals surface area contributed by atoms with Crippen LogP contribution < -0.4 is 10.1 Å². The number of thiophene rings is 1. The number of aliphatic hydroxyl groups excluding tert-OH is 1. The van der Waals surface area contributed by atoms with E-state index in [0.29, 0.717) is 6.54 Å². The number of ether oxygens (including phenoxy) is 1. The van der Waals surface area contributed by atoms with Crippen LogP contribution >= 0.6 is 23.1 Å². The van der Waals surface area contributed by atoms with Gasteiger partial charge in [-0.05, 0) is 61.1 Å². The average Bonchev–Trinajstić information content (AvgIpc) is 3.07. The van der Waals surface area contributed by atoms with Crippen molar-refractivity contribution in [2.24, 2.45) is 0 Å². The van der Waals surface area contributed by atoms with Crippen LogP contribution in [0.25, 0.3) is 10.1 Å². The normalized spacial score (nSPS) is 13.0. The first-order valence-corrected chi connectivity index (χ1v) is 11.2. The van der Waals surface area contributed by atoms with Crippen molar-refractivity contribution >= 4 is 33.2 Å². The molecular weight excluding hydrogens is 374 g/mol. The third kappa shape index (κ3) is 5.48. The summed E-state index contributed by atoms with van der Waals surface area (Å²) in [5.41, 5.74) is 1.25. The summed E-state index contributed by atoms with van der Waals surface area (Å²) in [4.78, 5) is 1.09. The van der Waals surface area contributed by atoms with Crippen LogP contribution in [-0.4, -0.2) is 36.2 Å². The molecule has 1 aromatic heterocycles. The van der Waals surface area contributed by atoms with Crippen LogP contribution in [0, 0.1) is 0 Å². The summed E-state index contributed by atoms with van der Waals surface area (Å²) in [5.74, 6) is 0.827. The number of fused-ring (bicyclic) bond motifs is 1. The molecule has 3 nitrogen and oxygen atoms in total. The van der Waals surface area contributed by atoms with E-state index in [-0.39, 0.29) is 12.1 Å². The molecule has 2 aromatic carbocycles. The summed E-state index contributed by atoms with van der Waals surface area (Å²) < 4.78 is 7.13. The molecule has 2 N–H and O–H groups in total. The molecule has 3 rings (SSSR count). The van der Waals surface area contributed by atoms with Gasteiger partial charge in [0.1, 0.15) is 18.5 Å². The minimum atomic E-state index is -0.557. The largest absolute Gasteiger partial charge is 0.490 e. The monoisotopic (exact) mass is 401 g/mol. The number of hydrogen-bond donors (Lipinski definition) is 2. The molecular formula is C22H27NO2S2. The van der Waals surface area contributed by atoms with Crippen LogP contribution in [0.5, 0.6) is 5.75 Å². The molecule has 0 aliphatic rings. The zero-order valence-corrected chi connectivity index (χ0v) is 17.7. The van der Waals surface area contributed by atoms with Gasteiger partial charge >= 0.3 is 0 Å². The van der Waals surface area contributed by atoms with E-state index in [1.165, 1.54) is 15.6 Å². The summed E-state index contributed by atoms with van der Waals surface area (Å²) in [6.45, 7) is 5.13. The molecule has 0 aliphatic carbocycles. The summed E-state index contributed by atoms with van der Waals surface area (Å²) in [6.07, 6.45) is 2.38. The van der Waals surface area contributed by atoms with E-state index in [1.807, 2.05) is 30.5 Å². The van der Waals surface area contributed by atoms with Gasteiger partial charge in [0.15, 0.2) is 0 Å². The Balaban J connectivity index is 1.52. The highest BCUT2D eigenvalue weighted by atomic mass is 32.2. The number of nitrogens with one attached hydrogen (secondary N) is 1.